The molecule has 0 saturated carbocycles. The summed E-state index contributed by atoms with van der Waals surface area (Å²) in [6.07, 6.45) is 2.45. The maximum Gasteiger partial charge on any atom is 0.320 e. The van der Waals surface area contributed by atoms with Gasteiger partial charge in [-0.1, -0.05) is 12.5 Å². The van der Waals surface area contributed by atoms with Crippen LogP contribution in [0.15, 0.2) is 18.2 Å². The van der Waals surface area contributed by atoms with Gasteiger partial charge >= 0.3 is 5.97 Å². The van der Waals surface area contributed by atoms with Crippen LogP contribution in [0.1, 0.15) is 37.8 Å². The molecule has 104 valence electrons. The Bertz CT molecular complexity index is 478. The van der Waals surface area contributed by atoms with E-state index in [0.717, 1.165) is 18.9 Å². The van der Waals surface area contributed by atoms with Gasteiger partial charge in [-0.15, -0.1) is 0 Å². The second kappa shape index (κ2) is 5.57. The van der Waals surface area contributed by atoms with E-state index in [1.165, 1.54) is 12.1 Å². The lowest BCUT2D eigenvalue weighted by atomic mass is 9.96. The molecule has 5 heteroatoms. The number of aromatic hydroxyl groups is 1. The Morgan fingerprint density at radius 1 is 1.47 bits per heavy atom. The molecule has 0 spiro atoms. The van der Waals surface area contributed by atoms with Gasteiger partial charge in [-0.3, -0.25) is 9.69 Å². The number of aliphatic carboxylic acids is 1. The lowest BCUT2D eigenvalue weighted by molar-refractivity contribution is -0.145. The molecule has 1 fully saturated rings. The van der Waals surface area contributed by atoms with Crippen molar-refractivity contribution in [3.8, 4) is 5.75 Å². The first-order chi connectivity index (χ1) is 9.00. The van der Waals surface area contributed by atoms with E-state index in [2.05, 4.69) is 0 Å². The van der Waals surface area contributed by atoms with Crippen LogP contribution in [0.3, 0.4) is 0 Å². The van der Waals surface area contributed by atoms with Crippen molar-refractivity contribution in [1.82, 2.24) is 4.90 Å². The third-order valence-corrected chi connectivity index (χ3v) is 3.77. The Morgan fingerprint density at radius 3 is 2.84 bits per heavy atom. The summed E-state index contributed by atoms with van der Waals surface area (Å²) >= 11 is 0. The lowest BCUT2D eigenvalue weighted by Crippen LogP contribution is -2.45. The van der Waals surface area contributed by atoms with Crippen LogP contribution in [-0.2, 0) is 4.79 Å². The second-order valence-corrected chi connectivity index (χ2v) is 4.97. The molecule has 4 nitrogen and oxygen atoms in total. The number of carboxylic acid groups (broad SMARTS) is 1. The molecular formula is C14H18FNO3. The van der Waals surface area contributed by atoms with Gasteiger partial charge in [0.05, 0.1) is 0 Å². The molecule has 0 amide bonds. The fourth-order valence-corrected chi connectivity index (χ4v) is 2.73. The first kappa shape index (κ1) is 13.8. The number of phenols is 1. The Balaban J connectivity index is 2.25. The van der Waals surface area contributed by atoms with Crippen molar-refractivity contribution in [2.75, 3.05) is 6.54 Å². The van der Waals surface area contributed by atoms with E-state index in [-0.39, 0.29) is 11.8 Å². The smallest absolute Gasteiger partial charge is 0.320 e. The number of benzene rings is 1. The molecule has 2 rings (SSSR count). The highest BCUT2D eigenvalue weighted by molar-refractivity contribution is 5.73. The number of rotatable bonds is 3. The number of nitrogens with zero attached hydrogens (tertiary/aromatic N) is 1. The number of hydrogen-bond donors (Lipinski definition) is 2. The Labute approximate surface area is 111 Å². The number of carboxylic acids is 1. The summed E-state index contributed by atoms with van der Waals surface area (Å²) in [5, 5.41) is 19.1. The van der Waals surface area contributed by atoms with E-state index >= 15 is 0 Å². The first-order valence-corrected chi connectivity index (χ1v) is 6.47. The average Bonchev–Trinajstić information content (AvgIpc) is 2.38. The van der Waals surface area contributed by atoms with E-state index in [1.54, 1.807) is 0 Å². The van der Waals surface area contributed by atoms with Gasteiger partial charge in [0.2, 0.25) is 0 Å². The van der Waals surface area contributed by atoms with E-state index in [4.69, 9.17) is 0 Å². The quantitative estimate of drug-likeness (QED) is 0.883. The molecule has 1 aromatic rings. The minimum absolute atomic E-state index is 0.123. The summed E-state index contributed by atoms with van der Waals surface area (Å²) in [5.41, 5.74) is 0.564. The summed E-state index contributed by atoms with van der Waals surface area (Å²) in [5.74, 6) is -1.46. The molecule has 19 heavy (non-hydrogen) atoms. The van der Waals surface area contributed by atoms with Gasteiger partial charge in [0, 0.05) is 17.7 Å². The highest BCUT2D eigenvalue weighted by Gasteiger charge is 2.32. The summed E-state index contributed by atoms with van der Waals surface area (Å²) in [7, 11) is 0. The zero-order valence-corrected chi connectivity index (χ0v) is 10.8. The van der Waals surface area contributed by atoms with Gasteiger partial charge in [-0.2, -0.15) is 0 Å². The predicted molar refractivity (Wildman–Crippen MR) is 68.5 cm³/mol. The molecule has 0 radical (unpaired) electrons. The standard InChI is InChI=1S/C14H18FNO3/c1-9(11-6-5-10(15)8-13(11)17)16-7-3-2-4-12(16)14(18)19/h5-6,8-9,12,17H,2-4,7H2,1H3,(H,18,19). The fourth-order valence-electron chi connectivity index (χ4n) is 2.73. The number of phenolic OH excluding ortho intramolecular Hbond substituents is 1. The van der Waals surface area contributed by atoms with Crippen molar-refractivity contribution in [2.45, 2.75) is 38.3 Å². The number of piperidine rings is 1. The molecule has 0 aliphatic carbocycles. The summed E-state index contributed by atoms with van der Waals surface area (Å²) in [4.78, 5) is 13.1. The molecule has 0 bridgehead atoms. The van der Waals surface area contributed by atoms with Crippen LogP contribution in [0, 0.1) is 5.82 Å². The van der Waals surface area contributed by atoms with Crippen LogP contribution in [0.4, 0.5) is 4.39 Å². The van der Waals surface area contributed by atoms with Crippen LogP contribution >= 0.6 is 0 Å². The zero-order chi connectivity index (χ0) is 14.0. The molecule has 0 aromatic heterocycles. The molecule has 1 heterocycles. The van der Waals surface area contributed by atoms with Crippen LogP contribution in [0.5, 0.6) is 5.75 Å². The van der Waals surface area contributed by atoms with Crippen LogP contribution < -0.4 is 0 Å². The van der Waals surface area contributed by atoms with Gasteiger partial charge in [-0.25, -0.2) is 4.39 Å². The van der Waals surface area contributed by atoms with Crippen LogP contribution in [-0.4, -0.2) is 33.7 Å². The number of carbonyl (C=O) groups is 1. The second-order valence-electron chi connectivity index (χ2n) is 4.97. The van der Waals surface area contributed by atoms with Gasteiger partial charge in [-0.05, 0) is 32.4 Å². The van der Waals surface area contributed by atoms with E-state index in [0.29, 0.717) is 18.5 Å². The monoisotopic (exact) mass is 267 g/mol. The Hall–Kier alpha value is -1.62. The highest BCUT2D eigenvalue weighted by Crippen LogP contribution is 2.33. The predicted octanol–water partition coefficient (Wildman–Crippen LogP) is 2.53. The van der Waals surface area contributed by atoms with E-state index in [1.807, 2.05) is 11.8 Å². The van der Waals surface area contributed by atoms with Gasteiger partial charge in [0.1, 0.15) is 17.6 Å². The minimum Gasteiger partial charge on any atom is -0.508 e. The highest BCUT2D eigenvalue weighted by atomic mass is 19.1. The molecular weight excluding hydrogens is 249 g/mol. The SMILES string of the molecule is CC(c1ccc(F)cc1O)N1CCCCC1C(=O)O. The van der Waals surface area contributed by atoms with Crippen molar-refractivity contribution >= 4 is 5.97 Å². The Kier molecular flexibility index (Phi) is 4.04. The normalized spacial score (nSPS) is 22.1. The average molecular weight is 267 g/mol. The molecule has 1 aliphatic rings. The Morgan fingerprint density at radius 2 is 2.21 bits per heavy atom. The van der Waals surface area contributed by atoms with Crippen LogP contribution in [0.25, 0.3) is 0 Å². The van der Waals surface area contributed by atoms with E-state index < -0.39 is 17.8 Å². The fraction of sp³-hybridized carbons (Fsp3) is 0.500. The maximum atomic E-state index is 13.0. The number of hydrogen-bond acceptors (Lipinski definition) is 3. The maximum absolute atomic E-state index is 13.0. The first-order valence-electron chi connectivity index (χ1n) is 6.47. The molecule has 2 unspecified atom stereocenters. The third kappa shape index (κ3) is 2.87. The minimum atomic E-state index is -0.840. The molecule has 1 saturated heterocycles. The van der Waals surface area contributed by atoms with Gasteiger partial charge in [0.15, 0.2) is 0 Å². The molecule has 1 aromatic carbocycles. The van der Waals surface area contributed by atoms with E-state index in [9.17, 15) is 19.4 Å². The zero-order valence-electron chi connectivity index (χ0n) is 10.8. The molecule has 2 N–H and O–H groups in total. The van der Waals surface area contributed by atoms with Crippen molar-refractivity contribution in [2.24, 2.45) is 0 Å². The lowest BCUT2D eigenvalue weighted by Gasteiger charge is -2.37. The van der Waals surface area contributed by atoms with Crippen molar-refractivity contribution in [3.05, 3.63) is 29.6 Å². The number of likely N-dealkylation sites (tertiary alicyclic amines) is 1. The van der Waals surface area contributed by atoms with Crippen molar-refractivity contribution < 1.29 is 19.4 Å². The van der Waals surface area contributed by atoms with Gasteiger partial charge in [0.25, 0.3) is 0 Å². The van der Waals surface area contributed by atoms with Crippen molar-refractivity contribution in [3.63, 3.8) is 0 Å². The summed E-state index contributed by atoms with van der Waals surface area (Å²) in [6.45, 7) is 2.52. The third-order valence-electron chi connectivity index (χ3n) is 3.77. The number of halogens is 1. The summed E-state index contributed by atoms with van der Waals surface area (Å²) < 4.78 is 13.0. The van der Waals surface area contributed by atoms with Gasteiger partial charge < -0.3 is 10.2 Å². The van der Waals surface area contributed by atoms with Crippen molar-refractivity contribution in [1.29, 1.82) is 0 Å². The largest absolute Gasteiger partial charge is 0.508 e. The summed E-state index contributed by atoms with van der Waals surface area (Å²) in [6, 6.07) is 3.08. The van der Waals surface area contributed by atoms with Crippen LogP contribution in [0.2, 0.25) is 0 Å². The topological polar surface area (TPSA) is 60.8 Å². The molecule has 1 aliphatic heterocycles. The molecule has 2 atom stereocenters.